The highest BCUT2D eigenvalue weighted by atomic mass is 32.1. The predicted octanol–water partition coefficient (Wildman–Crippen LogP) is 2.21. The van der Waals surface area contributed by atoms with Gasteiger partial charge in [0.1, 0.15) is 4.99 Å². The quantitative estimate of drug-likeness (QED) is 0.874. The molecule has 0 atom stereocenters. The van der Waals surface area contributed by atoms with Crippen molar-refractivity contribution in [3.05, 3.63) is 35.3 Å². The maximum Gasteiger partial charge on any atom is 0.229 e. The first-order chi connectivity index (χ1) is 9.67. The zero-order chi connectivity index (χ0) is 14.1. The van der Waals surface area contributed by atoms with Crippen LogP contribution >= 0.6 is 12.2 Å². The lowest BCUT2D eigenvalue weighted by atomic mass is 10.1. The van der Waals surface area contributed by atoms with Crippen molar-refractivity contribution >= 4 is 17.2 Å². The fourth-order valence-electron chi connectivity index (χ4n) is 2.39. The molecule has 0 aliphatic heterocycles. The Morgan fingerprint density at radius 3 is 3.05 bits per heavy atom. The normalized spacial score (nSPS) is 13.2. The van der Waals surface area contributed by atoms with Gasteiger partial charge in [0.25, 0.3) is 0 Å². The summed E-state index contributed by atoms with van der Waals surface area (Å²) >= 11 is 5.10. The number of pyridine rings is 1. The summed E-state index contributed by atoms with van der Waals surface area (Å²) in [5.74, 6) is 1.13. The van der Waals surface area contributed by atoms with Crippen LogP contribution in [0.2, 0.25) is 0 Å². The van der Waals surface area contributed by atoms with Gasteiger partial charge in [-0.3, -0.25) is 4.68 Å². The summed E-state index contributed by atoms with van der Waals surface area (Å²) in [6.07, 6.45) is 6.64. The number of aromatic nitrogens is 3. The lowest BCUT2D eigenvalue weighted by Gasteiger charge is -2.10. The van der Waals surface area contributed by atoms with E-state index in [-0.39, 0.29) is 0 Å². The highest BCUT2D eigenvalue weighted by Crippen LogP contribution is 2.29. The van der Waals surface area contributed by atoms with E-state index in [2.05, 4.69) is 10.1 Å². The summed E-state index contributed by atoms with van der Waals surface area (Å²) in [4.78, 5) is 4.89. The first-order valence-electron chi connectivity index (χ1n) is 6.70. The third kappa shape index (κ3) is 2.38. The molecule has 3 rings (SSSR count). The predicted molar refractivity (Wildman–Crippen MR) is 80.1 cm³/mol. The number of hydrogen-bond acceptors (Lipinski definition) is 4. The van der Waals surface area contributed by atoms with Gasteiger partial charge in [-0.1, -0.05) is 12.2 Å². The van der Waals surface area contributed by atoms with Gasteiger partial charge in [-0.25, -0.2) is 4.98 Å². The van der Waals surface area contributed by atoms with Crippen LogP contribution in [0.15, 0.2) is 18.5 Å². The fourth-order valence-corrected chi connectivity index (χ4v) is 2.54. The van der Waals surface area contributed by atoms with Crippen LogP contribution in [0.1, 0.15) is 30.2 Å². The van der Waals surface area contributed by atoms with E-state index < -0.39 is 0 Å². The van der Waals surface area contributed by atoms with Gasteiger partial charge in [0.2, 0.25) is 5.88 Å². The number of thiocarbonyl (C=S) groups is 1. The Labute approximate surface area is 122 Å². The summed E-state index contributed by atoms with van der Waals surface area (Å²) in [5, 5.41) is 4.18. The van der Waals surface area contributed by atoms with E-state index in [4.69, 9.17) is 22.7 Å². The van der Waals surface area contributed by atoms with Crippen molar-refractivity contribution in [2.45, 2.75) is 32.7 Å². The van der Waals surface area contributed by atoms with Crippen LogP contribution < -0.4 is 10.5 Å². The number of rotatable bonds is 4. The van der Waals surface area contributed by atoms with Crippen molar-refractivity contribution in [1.82, 2.24) is 14.8 Å². The largest absolute Gasteiger partial charge is 0.435 e. The van der Waals surface area contributed by atoms with Crippen molar-refractivity contribution in [2.24, 2.45) is 5.73 Å². The first-order valence-corrected chi connectivity index (χ1v) is 7.11. The maximum absolute atomic E-state index is 5.82. The first kappa shape index (κ1) is 13.1. The molecule has 1 aliphatic carbocycles. The minimum atomic E-state index is 0.310. The molecule has 104 valence electrons. The summed E-state index contributed by atoms with van der Waals surface area (Å²) in [6, 6.07) is 2.01. The van der Waals surface area contributed by atoms with Gasteiger partial charge in [0.05, 0.1) is 18.0 Å². The van der Waals surface area contributed by atoms with Gasteiger partial charge in [0.15, 0.2) is 5.75 Å². The highest BCUT2D eigenvalue weighted by molar-refractivity contribution is 7.80. The molecule has 0 radical (unpaired) electrons. The molecule has 6 heteroatoms. The number of aryl methyl sites for hydroxylation is 3. The van der Waals surface area contributed by atoms with Gasteiger partial charge < -0.3 is 10.5 Å². The molecule has 0 unspecified atom stereocenters. The van der Waals surface area contributed by atoms with Crippen molar-refractivity contribution in [2.75, 3.05) is 0 Å². The average Bonchev–Trinajstić information content (AvgIpc) is 3.05. The number of fused-ring (bicyclic) bond motifs is 1. The van der Waals surface area contributed by atoms with Crippen molar-refractivity contribution in [3.63, 3.8) is 0 Å². The van der Waals surface area contributed by atoms with Crippen LogP contribution in [-0.4, -0.2) is 19.8 Å². The van der Waals surface area contributed by atoms with Gasteiger partial charge in [-0.15, -0.1) is 0 Å². The number of nitrogens with two attached hydrogens (primary N) is 1. The minimum absolute atomic E-state index is 0.310. The minimum Gasteiger partial charge on any atom is -0.435 e. The summed E-state index contributed by atoms with van der Waals surface area (Å²) in [7, 11) is 0. The van der Waals surface area contributed by atoms with E-state index in [1.165, 1.54) is 5.56 Å². The molecule has 0 aromatic carbocycles. The van der Waals surface area contributed by atoms with Gasteiger partial charge in [0, 0.05) is 12.2 Å². The Morgan fingerprint density at radius 1 is 1.50 bits per heavy atom. The van der Waals surface area contributed by atoms with Crippen molar-refractivity contribution in [1.29, 1.82) is 0 Å². The second kappa shape index (κ2) is 5.20. The number of nitrogens with zero attached hydrogens (tertiary/aromatic N) is 3. The van der Waals surface area contributed by atoms with Gasteiger partial charge >= 0.3 is 0 Å². The monoisotopic (exact) mass is 288 g/mol. The summed E-state index contributed by atoms with van der Waals surface area (Å²) in [6.45, 7) is 2.81. The molecule has 0 amide bonds. The zero-order valence-corrected chi connectivity index (χ0v) is 12.1. The second-order valence-electron chi connectivity index (χ2n) is 4.80. The summed E-state index contributed by atoms with van der Waals surface area (Å²) in [5.41, 5.74) is 8.80. The third-order valence-corrected chi connectivity index (χ3v) is 3.65. The average molecular weight is 288 g/mol. The highest BCUT2D eigenvalue weighted by Gasteiger charge is 2.19. The molecule has 2 aromatic heterocycles. The Kier molecular flexibility index (Phi) is 3.40. The molecule has 0 bridgehead atoms. The van der Waals surface area contributed by atoms with E-state index in [1.807, 2.05) is 19.2 Å². The van der Waals surface area contributed by atoms with Crippen molar-refractivity contribution < 1.29 is 4.74 Å². The van der Waals surface area contributed by atoms with Gasteiger partial charge in [-0.05, 0) is 37.8 Å². The Morgan fingerprint density at radius 2 is 2.35 bits per heavy atom. The zero-order valence-electron chi connectivity index (χ0n) is 11.3. The van der Waals surface area contributed by atoms with E-state index in [0.717, 1.165) is 31.5 Å². The van der Waals surface area contributed by atoms with Crippen LogP contribution in [0, 0.1) is 0 Å². The molecule has 2 heterocycles. The van der Waals surface area contributed by atoms with E-state index in [9.17, 15) is 0 Å². The van der Waals surface area contributed by atoms with Crippen LogP contribution in [0.4, 0.5) is 0 Å². The molecule has 0 saturated heterocycles. The Hall–Kier alpha value is -1.95. The maximum atomic E-state index is 5.82. The molecular formula is C14H16N4OS. The molecule has 0 spiro atoms. The third-order valence-electron chi connectivity index (χ3n) is 3.43. The molecule has 1 aliphatic rings. The Bertz CT molecular complexity index is 665. The molecule has 5 nitrogen and oxygen atoms in total. The fraction of sp³-hybridized carbons (Fsp3) is 0.357. The Balaban J connectivity index is 1.97. The summed E-state index contributed by atoms with van der Waals surface area (Å²) < 4.78 is 7.61. The number of hydrogen-bond donors (Lipinski definition) is 1. The molecule has 20 heavy (non-hydrogen) atoms. The van der Waals surface area contributed by atoms with Crippen LogP contribution in [-0.2, 0) is 19.4 Å². The number of ether oxygens (including phenoxy) is 1. The standard InChI is InChI=1S/C14H16N4OS/c1-2-18-8-10(7-16-18)19-14-11(13(15)20)6-9-4-3-5-12(9)17-14/h6-8H,2-5H2,1H3,(H2,15,20). The van der Waals surface area contributed by atoms with E-state index in [0.29, 0.717) is 22.2 Å². The lowest BCUT2D eigenvalue weighted by molar-refractivity contribution is 0.459. The second-order valence-corrected chi connectivity index (χ2v) is 5.24. The molecule has 2 N–H and O–H groups in total. The van der Waals surface area contributed by atoms with Crippen LogP contribution in [0.3, 0.4) is 0 Å². The molecule has 0 fully saturated rings. The topological polar surface area (TPSA) is 66.0 Å². The SMILES string of the molecule is CCn1cc(Oc2nc3c(cc2C(N)=S)CCC3)cn1. The van der Waals surface area contributed by atoms with E-state index in [1.54, 1.807) is 10.9 Å². The van der Waals surface area contributed by atoms with E-state index >= 15 is 0 Å². The van der Waals surface area contributed by atoms with Gasteiger partial charge in [-0.2, -0.15) is 5.10 Å². The van der Waals surface area contributed by atoms with Crippen molar-refractivity contribution in [3.8, 4) is 11.6 Å². The smallest absolute Gasteiger partial charge is 0.229 e. The molecule has 0 saturated carbocycles. The molecular weight excluding hydrogens is 272 g/mol. The molecule has 2 aromatic rings. The lowest BCUT2D eigenvalue weighted by Crippen LogP contribution is -2.13. The van der Waals surface area contributed by atoms with Crippen LogP contribution in [0.5, 0.6) is 11.6 Å². The van der Waals surface area contributed by atoms with Crippen LogP contribution in [0.25, 0.3) is 0 Å².